The zero-order valence-corrected chi connectivity index (χ0v) is 8.70. The lowest BCUT2D eigenvalue weighted by molar-refractivity contribution is -0.152. The topological polar surface area (TPSA) is 36.9 Å². The molecule has 1 rings (SSSR count). The molecule has 78 valence electrons. The third kappa shape index (κ3) is 2.91. The molecule has 4 nitrogen and oxygen atoms in total. The number of methoxy groups -OCH3 is 2. The fraction of sp³-hybridized carbons (Fsp3) is 1.00. The maximum atomic E-state index is 5.63. The van der Waals surface area contributed by atoms with Crippen LogP contribution in [-0.4, -0.2) is 45.4 Å². The smallest absolute Gasteiger partial charge is 0.163 e. The molecule has 0 aromatic rings. The summed E-state index contributed by atoms with van der Waals surface area (Å²) in [5.74, 6) is -0.521. The van der Waals surface area contributed by atoms with Crippen molar-refractivity contribution in [3.8, 4) is 0 Å². The maximum Gasteiger partial charge on any atom is 0.163 e. The minimum Gasteiger partial charge on any atom is -0.382 e. The molecule has 1 fully saturated rings. The minimum absolute atomic E-state index is 0.0278. The van der Waals surface area contributed by atoms with Crippen molar-refractivity contribution >= 4 is 0 Å². The van der Waals surface area contributed by atoms with Crippen LogP contribution in [0, 0.1) is 0 Å². The number of ether oxygens (including phenoxy) is 4. The zero-order valence-electron chi connectivity index (χ0n) is 8.70. The fourth-order valence-corrected chi connectivity index (χ4v) is 1.52. The highest BCUT2D eigenvalue weighted by Crippen LogP contribution is 2.28. The molecule has 0 spiro atoms. The highest BCUT2D eigenvalue weighted by Gasteiger charge is 2.40. The molecule has 1 aliphatic heterocycles. The highest BCUT2D eigenvalue weighted by atomic mass is 16.8. The van der Waals surface area contributed by atoms with Gasteiger partial charge in [-0.25, -0.2) is 0 Å². The Morgan fingerprint density at radius 2 is 1.38 bits per heavy atom. The predicted octanol–water partition coefficient (Wildman–Crippen LogP) is 0.799. The molecule has 0 aliphatic carbocycles. The third-order valence-corrected chi connectivity index (χ3v) is 1.95. The SMILES string of the molecule is COC[C@H]1OC(C)(C)O[C@@H]1COC. The van der Waals surface area contributed by atoms with Crippen LogP contribution in [0.4, 0.5) is 0 Å². The first-order valence-corrected chi connectivity index (χ1v) is 4.42. The van der Waals surface area contributed by atoms with Crippen molar-refractivity contribution in [2.45, 2.75) is 31.8 Å². The maximum absolute atomic E-state index is 5.63. The molecule has 0 amide bonds. The molecule has 0 aromatic heterocycles. The van der Waals surface area contributed by atoms with E-state index in [1.54, 1.807) is 14.2 Å². The van der Waals surface area contributed by atoms with Gasteiger partial charge < -0.3 is 18.9 Å². The van der Waals surface area contributed by atoms with E-state index in [0.29, 0.717) is 13.2 Å². The van der Waals surface area contributed by atoms with Gasteiger partial charge in [0.15, 0.2) is 5.79 Å². The molecule has 4 heteroatoms. The predicted molar refractivity (Wildman–Crippen MR) is 47.6 cm³/mol. The first-order valence-electron chi connectivity index (χ1n) is 4.42. The van der Waals surface area contributed by atoms with Crippen molar-refractivity contribution in [2.24, 2.45) is 0 Å². The molecular formula is C9H18O4. The van der Waals surface area contributed by atoms with E-state index in [0.717, 1.165) is 0 Å². The molecule has 2 atom stereocenters. The Balaban J connectivity index is 2.49. The summed E-state index contributed by atoms with van der Waals surface area (Å²) in [5.41, 5.74) is 0. The van der Waals surface area contributed by atoms with Crippen LogP contribution in [0.2, 0.25) is 0 Å². The summed E-state index contributed by atoms with van der Waals surface area (Å²) in [6, 6.07) is 0. The Labute approximate surface area is 79.1 Å². The van der Waals surface area contributed by atoms with Crippen molar-refractivity contribution in [3.63, 3.8) is 0 Å². The van der Waals surface area contributed by atoms with Crippen LogP contribution in [0.3, 0.4) is 0 Å². The lowest BCUT2D eigenvalue weighted by Crippen LogP contribution is -2.30. The Morgan fingerprint density at radius 1 is 1.00 bits per heavy atom. The number of hydrogen-bond acceptors (Lipinski definition) is 4. The van der Waals surface area contributed by atoms with Crippen LogP contribution in [0.1, 0.15) is 13.8 Å². The molecule has 0 bridgehead atoms. The Hall–Kier alpha value is -0.160. The molecule has 0 N–H and O–H groups in total. The van der Waals surface area contributed by atoms with E-state index >= 15 is 0 Å². The van der Waals surface area contributed by atoms with E-state index in [2.05, 4.69) is 0 Å². The first-order chi connectivity index (χ1) is 6.09. The monoisotopic (exact) mass is 190 g/mol. The summed E-state index contributed by atoms with van der Waals surface area (Å²) < 4.78 is 21.3. The van der Waals surface area contributed by atoms with Crippen molar-refractivity contribution in [1.82, 2.24) is 0 Å². The molecule has 1 aliphatic rings. The van der Waals surface area contributed by atoms with Crippen LogP contribution < -0.4 is 0 Å². The van der Waals surface area contributed by atoms with Crippen molar-refractivity contribution in [1.29, 1.82) is 0 Å². The first kappa shape index (κ1) is 10.9. The van der Waals surface area contributed by atoms with E-state index in [1.807, 2.05) is 13.8 Å². The molecule has 0 aromatic carbocycles. The van der Waals surface area contributed by atoms with Crippen molar-refractivity contribution in [3.05, 3.63) is 0 Å². The number of hydrogen-bond donors (Lipinski definition) is 0. The summed E-state index contributed by atoms with van der Waals surface area (Å²) >= 11 is 0. The van der Waals surface area contributed by atoms with E-state index in [4.69, 9.17) is 18.9 Å². The normalized spacial score (nSPS) is 32.3. The van der Waals surface area contributed by atoms with Gasteiger partial charge in [-0.15, -0.1) is 0 Å². The Kier molecular flexibility index (Phi) is 3.67. The molecule has 0 saturated carbocycles. The van der Waals surface area contributed by atoms with Gasteiger partial charge in [-0.3, -0.25) is 0 Å². The van der Waals surface area contributed by atoms with Crippen LogP contribution >= 0.6 is 0 Å². The largest absolute Gasteiger partial charge is 0.382 e. The second-order valence-corrected chi connectivity index (χ2v) is 3.62. The van der Waals surface area contributed by atoms with Crippen LogP contribution in [0.25, 0.3) is 0 Å². The summed E-state index contributed by atoms with van der Waals surface area (Å²) in [4.78, 5) is 0. The van der Waals surface area contributed by atoms with Gasteiger partial charge in [0.05, 0.1) is 13.2 Å². The highest BCUT2D eigenvalue weighted by molar-refractivity contribution is 4.80. The molecule has 1 heterocycles. The van der Waals surface area contributed by atoms with Gasteiger partial charge in [0.25, 0.3) is 0 Å². The molecule has 0 radical (unpaired) electrons. The van der Waals surface area contributed by atoms with Gasteiger partial charge in [-0.1, -0.05) is 0 Å². The summed E-state index contributed by atoms with van der Waals surface area (Å²) in [6.07, 6.45) is -0.0556. The second kappa shape index (κ2) is 4.37. The van der Waals surface area contributed by atoms with E-state index < -0.39 is 5.79 Å². The standard InChI is InChI=1S/C9H18O4/c1-9(2)12-7(5-10-3)8(13-9)6-11-4/h7-8H,5-6H2,1-4H3/t7-,8-/m1/s1. The molecule has 1 saturated heterocycles. The molecule has 0 unspecified atom stereocenters. The van der Waals surface area contributed by atoms with Gasteiger partial charge >= 0.3 is 0 Å². The van der Waals surface area contributed by atoms with Gasteiger partial charge in [-0.2, -0.15) is 0 Å². The quantitative estimate of drug-likeness (QED) is 0.657. The van der Waals surface area contributed by atoms with E-state index in [9.17, 15) is 0 Å². The lowest BCUT2D eigenvalue weighted by Gasteiger charge is -2.16. The third-order valence-electron chi connectivity index (χ3n) is 1.95. The summed E-state index contributed by atoms with van der Waals surface area (Å²) in [7, 11) is 3.30. The average molecular weight is 190 g/mol. The lowest BCUT2D eigenvalue weighted by atomic mass is 10.2. The van der Waals surface area contributed by atoms with Crippen molar-refractivity contribution < 1.29 is 18.9 Å². The zero-order chi connectivity index (χ0) is 9.90. The van der Waals surface area contributed by atoms with Gasteiger partial charge in [0, 0.05) is 14.2 Å². The number of rotatable bonds is 4. The fourth-order valence-electron chi connectivity index (χ4n) is 1.52. The Bertz CT molecular complexity index is 142. The molecular weight excluding hydrogens is 172 g/mol. The average Bonchev–Trinajstić information content (AvgIpc) is 2.28. The van der Waals surface area contributed by atoms with E-state index in [-0.39, 0.29) is 12.2 Å². The molecule has 13 heavy (non-hydrogen) atoms. The summed E-state index contributed by atoms with van der Waals surface area (Å²) in [5, 5.41) is 0. The van der Waals surface area contributed by atoms with Gasteiger partial charge in [0.1, 0.15) is 12.2 Å². The Morgan fingerprint density at radius 3 is 1.69 bits per heavy atom. The summed E-state index contributed by atoms with van der Waals surface area (Å²) in [6.45, 7) is 4.87. The van der Waals surface area contributed by atoms with Gasteiger partial charge in [0.2, 0.25) is 0 Å². The van der Waals surface area contributed by atoms with Crippen LogP contribution in [0.15, 0.2) is 0 Å². The second-order valence-electron chi connectivity index (χ2n) is 3.62. The van der Waals surface area contributed by atoms with Crippen LogP contribution in [0.5, 0.6) is 0 Å². The van der Waals surface area contributed by atoms with Gasteiger partial charge in [-0.05, 0) is 13.8 Å². The van der Waals surface area contributed by atoms with E-state index in [1.165, 1.54) is 0 Å². The van der Waals surface area contributed by atoms with Crippen LogP contribution in [-0.2, 0) is 18.9 Å². The minimum atomic E-state index is -0.521. The van der Waals surface area contributed by atoms with Crippen molar-refractivity contribution in [2.75, 3.05) is 27.4 Å².